The number of anilines is 1. The molecule has 2 aromatic rings. The van der Waals surface area contributed by atoms with E-state index in [-0.39, 0.29) is 29.7 Å². The molecule has 25 heavy (non-hydrogen) atoms. The molecule has 5 nitrogen and oxygen atoms in total. The number of hydrogen-bond donors (Lipinski definition) is 1. The molecule has 0 unspecified atom stereocenters. The quantitative estimate of drug-likeness (QED) is 0.785. The van der Waals surface area contributed by atoms with Crippen LogP contribution in [-0.4, -0.2) is 25.1 Å². The van der Waals surface area contributed by atoms with Crippen LogP contribution in [0.25, 0.3) is 0 Å². The molecular weight excluding hydrogens is 342 g/mol. The van der Waals surface area contributed by atoms with Gasteiger partial charge in [0.2, 0.25) is 0 Å². The first-order valence-electron chi connectivity index (χ1n) is 7.87. The summed E-state index contributed by atoms with van der Waals surface area (Å²) in [5.74, 6) is -0.185. The summed E-state index contributed by atoms with van der Waals surface area (Å²) < 4.78 is 10.4. The van der Waals surface area contributed by atoms with E-state index in [0.717, 1.165) is 11.1 Å². The van der Waals surface area contributed by atoms with Crippen molar-refractivity contribution in [2.75, 3.05) is 18.5 Å². The lowest BCUT2D eigenvalue weighted by molar-refractivity contribution is -0.118. The van der Waals surface area contributed by atoms with Crippen molar-refractivity contribution in [1.82, 2.24) is 0 Å². The molecule has 0 radical (unpaired) electrons. The Kier molecular flexibility index (Phi) is 6.42. The monoisotopic (exact) mass is 361 g/mol. The molecule has 0 aromatic heterocycles. The van der Waals surface area contributed by atoms with Gasteiger partial charge in [0, 0.05) is 5.69 Å². The van der Waals surface area contributed by atoms with Crippen LogP contribution in [0.3, 0.4) is 0 Å². The number of carbonyl (C=O) groups excluding carboxylic acids is 2. The summed E-state index contributed by atoms with van der Waals surface area (Å²) in [6, 6.07) is 10.2. The van der Waals surface area contributed by atoms with Crippen LogP contribution in [0.2, 0.25) is 5.02 Å². The summed E-state index contributed by atoms with van der Waals surface area (Å²) in [6.07, 6.45) is 0. The molecule has 0 aliphatic rings. The van der Waals surface area contributed by atoms with E-state index in [9.17, 15) is 9.59 Å². The van der Waals surface area contributed by atoms with Crippen molar-refractivity contribution in [3.05, 3.63) is 58.1 Å². The van der Waals surface area contributed by atoms with Gasteiger partial charge in [-0.1, -0.05) is 17.7 Å². The maximum Gasteiger partial charge on any atom is 0.339 e. The fraction of sp³-hybridized carbons (Fsp3) is 0.263. The highest BCUT2D eigenvalue weighted by Crippen LogP contribution is 2.22. The second kappa shape index (κ2) is 8.53. The third-order valence-corrected chi connectivity index (χ3v) is 3.91. The van der Waals surface area contributed by atoms with Gasteiger partial charge >= 0.3 is 5.97 Å². The summed E-state index contributed by atoms with van der Waals surface area (Å²) in [4.78, 5) is 23.7. The van der Waals surface area contributed by atoms with Gasteiger partial charge in [-0.3, -0.25) is 4.79 Å². The van der Waals surface area contributed by atoms with Crippen LogP contribution >= 0.6 is 11.6 Å². The zero-order valence-electron chi connectivity index (χ0n) is 14.4. The molecule has 0 aliphatic carbocycles. The number of halogens is 1. The largest absolute Gasteiger partial charge is 0.484 e. The molecular formula is C19H20ClNO4. The Bertz CT molecular complexity index is 789. The predicted molar refractivity (Wildman–Crippen MR) is 97.4 cm³/mol. The van der Waals surface area contributed by atoms with E-state index < -0.39 is 5.97 Å². The third kappa shape index (κ3) is 5.22. The predicted octanol–water partition coefficient (Wildman–Crippen LogP) is 4.15. The molecule has 6 heteroatoms. The highest BCUT2D eigenvalue weighted by Gasteiger charge is 2.13. The molecule has 0 saturated heterocycles. The van der Waals surface area contributed by atoms with Gasteiger partial charge in [0.1, 0.15) is 5.75 Å². The van der Waals surface area contributed by atoms with E-state index in [2.05, 4.69) is 5.32 Å². The van der Waals surface area contributed by atoms with E-state index in [4.69, 9.17) is 21.1 Å². The van der Waals surface area contributed by atoms with E-state index in [1.54, 1.807) is 13.0 Å². The van der Waals surface area contributed by atoms with Crippen LogP contribution in [0, 0.1) is 13.8 Å². The minimum Gasteiger partial charge on any atom is -0.484 e. The zero-order chi connectivity index (χ0) is 18.4. The van der Waals surface area contributed by atoms with Gasteiger partial charge in [-0.2, -0.15) is 0 Å². The molecule has 2 aromatic carbocycles. The summed E-state index contributed by atoms with van der Waals surface area (Å²) in [6.45, 7) is 5.85. The van der Waals surface area contributed by atoms with Crippen LogP contribution in [0.15, 0.2) is 36.4 Å². The van der Waals surface area contributed by atoms with E-state index >= 15 is 0 Å². The standard InChI is InChI=1S/C19H20ClNO4/c1-4-24-19(23)16-8-6-14(10-17(16)20)21-18(22)11-25-15-7-5-12(2)13(3)9-15/h5-10H,4,11H2,1-3H3,(H,21,22). The van der Waals surface area contributed by atoms with Crippen molar-refractivity contribution in [3.8, 4) is 5.75 Å². The Morgan fingerprint density at radius 1 is 1.08 bits per heavy atom. The van der Waals surface area contributed by atoms with Crippen LogP contribution in [0.1, 0.15) is 28.4 Å². The third-order valence-electron chi connectivity index (χ3n) is 3.60. The number of carbonyl (C=O) groups is 2. The second-order valence-electron chi connectivity index (χ2n) is 5.50. The zero-order valence-corrected chi connectivity index (χ0v) is 15.1. The molecule has 0 saturated carbocycles. The van der Waals surface area contributed by atoms with Gasteiger partial charge in [0.25, 0.3) is 5.91 Å². The summed E-state index contributed by atoms with van der Waals surface area (Å²) in [5, 5.41) is 2.89. The van der Waals surface area contributed by atoms with E-state index in [1.165, 1.54) is 12.1 Å². The Hall–Kier alpha value is -2.53. The number of ether oxygens (including phenoxy) is 2. The second-order valence-corrected chi connectivity index (χ2v) is 5.91. The van der Waals surface area contributed by atoms with E-state index in [0.29, 0.717) is 11.4 Å². The number of amides is 1. The first kappa shape index (κ1) is 18.8. The fourth-order valence-electron chi connectivity index (χ4n) is 2.12. The Morgan fingerprint density at radius 2 is 1.84 bits per heavy atom. The minimum absolute atomic E-state index is 0.125. The van der Waals surface area contributed by atoms with Crippen molar-refractivity contribution in [2.24, 2.45) is 0 Å². The lowest BCUT2D eigenvalue weighted by atomic mass is 10.1. The number of benzene rings is 2. The van der Waals surface area contributed by atoms with Gasteiger partial charge in [-0.25, -0.2) is 4.79 Å². The summed E-state index contributed by atoms with van der Waals surface area (Å²) in [7, 11) is 0. The summed E-state index contributed by atoms with van der Waals surface area (Å²) in [5.41, 5.74) is 2.99. The van der Waals surface area contributed by atoms with Gasteiger partial charge in [0.05, 0.1) is 17.2 Å². The molecule has 0 atom stereocenters. The molecule has 0 aliphatic heterocycles. The van der Waals surface area contributed by atoms with Crippen molar-refractivity contribution in [3.63, 3.8) is 0 Å². The Labute approximate surface area is 151 Å². The first-order chi connectivity index (χ1) is 11.9. The number of rotatable bonds is 6. The first-order valence-corrected chi connectivity index (χ1v) is 8.25. The lowest BCUT2D eigenvalue weighted by Crippen LogP contribution is -2.20. The average molecular weight is 362 g/mol. The maximum atomic E-state index is 12.0. The van der Waals surface area contributed by atoms with Crippen LogP contribution in [0.5, 0.6) is 5.75 Å². The van der Waals surface area contributed by atoms with Crippen molar-refractivity contribution >= 4 is 29.2 Å². The number of nitrogens with one attached hydrogen (secondary N) is 1. The normalized spacial score (nSPS) is 10.2. The molecule has 0 spiro atoms. The number of esters is 1. The minimum atomic E-state index is -0.497. The van der Waals surface area contributed by atoms with Crippen LogP contribution in [0.4, 0.5) is 5.69 Å². The van der Waals surface area contributed by atoms with Crippen LogP contribution < -0.4 is 10.1 Å². The van der Waals surface area contributed by atoms with Crippen molar-refractivity contribution in [1.29, 1.82) is 0 Å². The maximum absolute atomic E-state index is 12.0. The van der Waals surface area contributed by atoms with Crippen molar-refractivity contribution < 1.29 is 19.1 Å². The molecule has 0 heterocycles. The van der Waals surface area contributed by atoms with Crippen molar-refractivity contribution in [2.45, 2.75) is 20.8 Å². The van der Waals surface area contributed by atoms with E-state index in [1.807, 2.05) is 32.0 Å². The smallest absolute Gasteiger partial charge is 0.339 e. The molecule has 2 rings (SSSR count). The molecule has 132 valence electrons. The number of aryl methyl sites for hydroxylation is 2. The molecule has 0 bridgehead atoms. The van der Waals surface area contributed by atoms with Crippen LogP contribution in [-0.2, 0) is 9.53 Å². The SMILES string of the molecule is CCOC(=O)c1ccc(NC(=O)COc2ccc(C)c(C)c2)cc1Cl. The van der Waals surface area contributed by atoms with Gasteiger partial charge < -0.3 is 14.8 Å². The molecule has 0 fully saturated rings. The Morgan fingerprint density at radius 3 is 2.48 bits per heavy atom. The fourth-order valence-corrected chi connectivity index (χ4v) is 2.37. The van der Waals surface area contributed by atoms with Gasteiger partial charge in [0.15, 0.2) is 6.61 Å². The van der Waals surface area contributed by atoms with Gasteiger partial charge in [-0.05, 0) is 62.2 Å². The molecule has 1 amide bonds. The highest BCUT2D eigenvalue weighted by molar-refractivity contribution is 6.34. The number of hydrogen-bond acceptors (Lipinski definition) is 4. The average Bonchev–Trinajstić information content (AvgIpc) is 2.56. The lowest BCUT2D eigenvalue weighted by Gasteiger charge is -2.10. The summed E-state index contributed by atoms with van der Waals surface area (Å²) >= 11 is 6.07. The Balaban J connectivity index is 1.95. The molecule has 1 N–H and O–H groups in total. The highest BCUT2D eigenvalue weighted by atomic mass is 35.5. The van der Waals surface area contributed by atoms with Gasteiger partial charge in [-0.15, -0.1) is 0 Å². The topological polar surface area (TPSA) is 64.6 Å².